The molecule has 1 N–H and O–H groups in total. The fraction of sp³-hybridized carbons (Fsp3) is 0.154. The van der Waals surface area contributed by atoms with Crippen molar-refractivity contribution in [1.29, 1.82) is 0 Å². The van der Waals surface area contributed by atoms with E-state index in [1.807, 2.05) is 33.8 Å². The van der Waals surface area contributed by atoms with E-state index in [9.17, 15) is 0 Å². The molecule has 0 spiro atoms. The first-order valence-electron chi connectivity index (χ1n) is 5.93. The molecule has 0 fully saturated rings. The summed E-state index contributed by atoms with van der Waals surface area (Å²) in [7, 11) is 1.97. The second-order valence-electron chi connectivity index (χ2n) is 4.16. The van der Waals surface area contributed by atoms with Gasteiger partial charge in [-0.1, -0.05) is 18.3 Å². The number of hydrogen-bond acceptors (Lipinski definition) is 4. The van der Waals surface area contributed by atoms with Gasteiger partial charge in [0.05, 0.1) is 5.69 Å². The van der Waals surface area contributed by atoms with Crippen molar-refractivity contribution in [2.75, 3.05) is 0 Å². The van der Waals surface area contributed by atoms with E-state index in [2.05, 4.69) is 26.5 Å². The number of imidazole rings is 1. The van der Waals surface area contributed by atoms with E-state index in [0.717, 1.165) is 27.1 Å². The number of thioether (sulfide) groups is 1. The Morgan fingerprint density at radius 2 is 2.32 bits per heavy atom. The Bertz CT molecular complexity index is 633. The van der Waals surface area contributed by atoms with Crippen molar-refractivity contribution in [3.8, 4) is 0 Å². The second kappa shape index (κ2) is 5.88. The monoisotopic (exact) mass is 270 g/mol. The zero-order valence-electron chi connectivity index (χ0n) is 11.3. The summed E-state index contributed by atoms with van der Waals surface area (Å²) in [6, 6.07) is 3.98. The molecule has 2 aromatic heterocycles. The third-order valence-corrected chi connectivity index (χ3v) is 3.42. The van der Waals surface area contributed by atoms with Crippen LogP contribution in [-0.4, -0.2) is 27.8 Å². The van der Waals surface area contributed by atoms with E-state index in [4.69, 9.17) is 0 Å². The van der Waals surface area contributed by atoms with Crippen molar-refractivity contribution < 1.29 is 0 Å². The molecule has 19 heavy (non-hydrogen) atoms. The van der Waals surface area contributed by atoms with Gasteiger partial charge in [-0.15, -0.1) is 0 Å². The minimum absolute atomic E-state index is 0.714. The lowest BCUT2D eigenvalue weighted by atomic mass is 10.0. The number of nitrogens with zero attached hydrogens (tertiary/aromatic N) is 3. The smallest absolute Gasteiger partial charge is 0.174 e. The first-order chi connectivity index (χ1) is 9.08. The van der Waals surface area contributed by atoms with Crippen LogP contribution in [0.2, 0.25) is 0 Å². The molecule has 0 radical (unpaired) electrons. The van der Waals surface area contributed by atoms with Gasteiger partial charge < -0.3 is 4.98 Å². The molecule has 0 aromatic carbocycles. The van der Waals surface area contributed by atoms with Crippen LogP contribution < -0.4 is 5.59 Å². The fourth-order valence-electron chi connectivity index (χ4n) is 1.63. The fourth-order valence-corrected chi connectivity index (χ4v) is 2.44. The third-order valence-electron chi connectivity index (χ3n) is 2.46. The molecular formula is C13H15BN4S. The number of aryl methyl sites for hydroxylation is 2. The van der Waals surface area contributed by atoms with Gasteiger partial charge in [0.2, 0.25) is 0 Å². The molecule has 0 aliphatic rings. The van der Waals surface area contributed by atoms with Crippen LogP contribution in [0, 0.1) is 13.8 Å². The highest BCUT2D eigenvalue weighted by molar-refractivity contribution is 8.14. The van der Waals surface area contributed by atoms with E-state index in [1.54, 1.807) is 24.0 Å². The average Bonchev–Trinajstić information content (AvgIpc) is 2.67. The van der Waals surface area contributed by atoms with Gasteiger partial charge in [0.25, 0.3) is 0 Å². The van der Waals surface area contributed by atoms with Gasteiger partial charge in [-0.25, -0.2) is 9.98 Å². The van der Waals surface area contributed by atoms with Crippen LogP contribution in [0.3, 0.4) is 0 Å². The summed E-state index contributed by atoms with van der Waals surface area (Å²) in [6.07, 6.45) is 3.53. The van der Waals surface area contributed by atoms with Crippen molar-refractivity contribution in [3.05, 3.63) is 42.5 Å². The summed E-state index contributed by atoms with van der Waals surface area (Å²) in [5.74, 6) is 1.58. The van der Waals surface area contributed by atoms with Gasteiger partial charge in [-0.2, -0.15) is 0 Å². The average molecular weight is 270 g/mol. The Morgan fingerprint density at radius 1 is 1.53 bits per heavy atom. The number of H-pyrrole nitrogens is 1. The molecule has 0 amide bonds. The summed E-state index contributed by atoms with van der Waals surface area (Å²) in [5, 5.41) is 0.820. The second-order valence-corrected chi connectivity index (χ2v) is 5.25. The molecular weight excluding hydrogens is 255 g/mol. The molecule has 0 saturated heterocycles. The molecule has 4 nitrogen and oxygen atoms in total. The SMILES string of the molecule is Bc1cc(S/C(C=C)=N/c2nc(C)[nH]c2C)ccn1. The minimum atomic E-state index is 0.714. The number of nitrogens with one attached hydrogen (secondary N) is 1. The zero-order valence-corrected chi connectivity index (χ0v) is 12.1. The zero-order chi connectivity index (χ0) is 13.8. The van der Waals surface area contributed by atoms with E-state index in [-0.39, 0.29) is 0 Å². The molecule has 0 aliphatic heterocycles. The maximum atomic E-state index is 4.52. The van der Waals surface area contributed by atoms with Crippen molar-refractivity contribution in [2.24, 2.45) is 4.99 Å². The predicted molar refractivity (Wildman–Crippen MR) is 83.6 cm³/mol. The summed E-state index contributed by atoms with van der Waals surface area (Å²) in [4.78, 5) is 17.3. The Hall–Kier alpha value is -1.82. The summed E-state index contributed by atoms with van der Waals surface area (Å²) >= 11 is 1.55. The number of aromatic amines is 1. The van der Waals surface area contributed by atoms with Gasteiger partial charge in [0.15, 0.2) is 13.7 Å². The van der Waals surface area contributed by atoms with E-state index < -0.39 is 0 Å². The van der Waals surface area contributed by atoms with Crippen molar-refractivity contribution in [3.63, 3.8) is 0 Å². The molecule has 0 atom stereocenters. The topological polar surface area (TPSA) is 53.9 Å². The van der Waals surface area contributed by atoms with Crippen LogP contribution in [0.25, 0.3) is 0 Å². The van der Waals surface area contributed by atoms with E-state index in [1.165, 1.54) is 0 Å². The molecule has 6 heteroatoms. The Kier molecular flexibility index (Phi) is 4.22. The number of rotatable bonds is 3. The summed E-state index contributed by atoms with van der Waals surface area (Å²) in [6.45, 7) is 7.68. The maximum absolute atomic E-state index is 4.52. The lowest BCUT2D eigenvalue weighted by Crippen LogP contribution is -2.06. The first kappa shape index (κ1) is 13.6. The van der Waals surface area contributed by atoms with Crippen molar-refractivity contribution in [2.45, 2.75) is 18.7 Å². The number of aromatic nitrogens is 3. The van der Waals surface area contributed by atoms with Gasteiger partial charge >= 0.3 is 0 Å². The highest BCUT2D eigenvalue weighted by atomic mass is 32.2. The molecule has 96 valence electrons. The van der Waals surface area contributed by atoms with E-state index in [0.29, 0.717) is 5.82 Å². The van der Waals surface area contributed by atoms with Crippen molar-refractivity contribution >= 4 is 36.1 Å². The van der Waals surface area contributed by atoms with Crippen LogP contribution in [0.15, 0.2) is 40.9 Å². The molecule has 2 heterocycles. The first-order valence-corrected chi connectivity index (χ1v) is 6.75. The summed E-state index contributed by atoms with van der Waals surface area (Å²) < 4.78 is 0. The largest absolute Gasteiger partial charge is 0.344 e. The van der Waals surface area contributed by atoms with E-state index >= 15 is 0 Å². The highest BCUT2D eigenvalue weighted by Crippen LogP contribution is 2.23. The third kappa shape index (κ3) is 3.57. The minimum Gasteiger partial charge on any atom is -0.344 e. The normalized spacial score (nSPS) is 11.6. The van der Waals surface area contributed by atoms with Gasteiger partial charge in [0.1, 0.15) is 10.9 Å². The number of aliphatic imine (C=N–C) groups is 1. The van der Waals surface area contributed by atoms with Crippen LogP contribution in [0.1, 0.15) is 11.5 Å². The Morgan fingerprint density at radius 3 is 2.89 bits per heavy atom. The van der Waals surface area contributed by atoms with Gasteiger partial charge in [0, 0.05) is 11.1 Å². The van der Waals surface area contributed by atoms with Crippen LogP contribution in [0.4, 0.5) is 5.82 Å². The number of hydrogen-bond donors (Lipinski definition) is 1. The molecule has 0 saturated carbocycles. The predicted octanol–water partition coefficient (Wildman–Crippen LogP) is 1.69. The Labute approximate surface area is 117 Å². The highest BCUT2D eigenvalue weighted by Gasteiger charge is 2.05. The molecule has 2 aromatic rings. The Balaban J connectivity index is 2.25. The maximum Gasteiger partial charge on any atom is 0.174 e. The van der Waals surface area contributed by atoms with Crippen LogP contribution in [-0.2, 0) is 0 Å². The van der Waals surface area contributed by atoms with Crippen LogP contribution in [0.5, 0.6) is 0 Å². The van der Waals surface area contributed by atoms with Gasteiger partial charge in [-0.05, 0) is 37.6 Å². The van der Waals surface area contributed by atoms with Crippen LogP contribution >= 0.6 is 11.8 Å². The lowest BCUT2D eigenvalue weighted by Gasteiger charge is -2.02. The molecule has 0 aliphatic carbocycles. The van der Waals surface area contributed by atoms with Gasteiger partial charge in [-0.3, -0.25) is 4.98 Å². The summed E-state index contributed by atoms with van der Waals surface area (Å²) in [5.41, 5.74) is 1.95. The lowest BCUT2D eigenvalue weighted by molar-refractivity contribution is 1.13. The quantitative estimate of drug-likeness (QED) is 0.399. The standard InChI is InChI=1S/C13H15BN4S/c1-4-12(18-13-8(2)16-9(3)17-13)19-10-5-6-15-11(14)7-10/h4-7H,1,14H2,2-3H3,(H,16,17)/b18-12+. The van der Waals surface area contributed by atoms with Crippen molar-refractivity contribution in [1.82, 2.24) is 15.0 Å². The number of pyridine rings is 1. The molecule has 0 bridgehead atoms. The molecule has 2 rings (SSSR count). The molecule has 0 unspecified atom stereocenters.